The van der Waals surface area contributed by atoms with Gasteiger partial charge < -0.3 is 4.74 Å². The summed E-state index contributed by atoms with van der Waals surface area (Å²) in [6.07, 6.45) is -0.397. The summed E-state index contributed by atoms with van der Waals surface area (Å²) < 4.78 is 29.6. The molecule has 7 heteroatoms. The molecule has 0 aromatic heterocycles. The smallest absolute Gasteiger partial charge is 0.306 e. The molecule has 0 radical (unpaired) electrons. The van der Waals surface area contributed by atoms with Crippen LogP contribution in [0.25, 0.3) is 0 Å². The first-order valence-corrected chi connectivity index (χ1v) is 6.61. The minimum Gasteiger partial charge on any atom is -0.469 e. The lowest BCUT2D eigenvalue weighted by Crippen LogP contribution is -2.30. The molecule has 1 aromatic rings. The Balaban J connectivity index is 2.62. The molecule has 18 heavy (non-hydrogen) atoms. The molecule has 0 aliphatic carbocycles. The molecule has 98 valence electrons. The van der Waals surface area contributed by atoms with Crippen molar-refractivity contribution in [2.24, 2.45) is 0 Å². The third kappa shape index (κ3) is 4.17. The maximum absolute atomic E-state index is 11.7. The van der Waals surface area contributed by atoms with Gasteiger partial charge in [0.2, 0.25) is 5.91 Å². The first kappa shape index (κ1) is 14.2. The van der Waals surface area contributed by atoms with E-state index in [-0.39, 0.29) is 17.7 Å². The van der Waals surface area contributed by atoms with Crippen molar-refractivity contribution < 1.29 is 22.7 Å². The fourth-order valence-electron chi connectivity index (χ4n) is 1.18. The molecule has 0 unspecified atom stereocenters. The number of esters is 1. The lowest BCUT2D eigenvalue weighted by Gasteiger charge is -2.06. The minimum absolute atomic E-state index is 0.00332. The zero-order valence-corrected chi connectivity index (χ0v) is 10.6. The largest absolute Gasteiger partial charge is 0.469 e. The maximum Gasteiger partial charge on any atom is 0.306 e. The van der Waals surface area contributed by atoms with Crippen LogP contribution in [0, 0.1) is 0 Å². The first-order chi connectivity index (χ1) is 8.45. The highest BCUT2D eigenvalue weighted by molar-refractivity contribution is 7.90. The highest BCUT2D eigenvalue weighted by Crippen LogP contribution is 2.07. The number of amides is 1. The molecule has 1 aromatic carbocycles. The monoisotopic (exact) mass is 271 g/mol. The van der Waals surface area contributed by atoms with E-state index < -0.39 is 21.9 Å². The normalized spacial score (nSPS) is 10.7. The third-order valence-corrected chi connectivity index (χ3v) is 3.47. The van der Waals surface area contributed by atoms with Crippen LogP contribution in [0.4, 0.5) is 0 Å². The van der Waals surface area contributed by atoms with Gasteiger partial charge in [-0.05, 0) is 12.1 Å². The summed E-state index contributed by atoms with van der Waals surface area (Å²) in [7, 11) is -2.67. The fourth-order valence-corrected chi connectivity index (χ4v) is 2.21. The van der Waals surface area contributed by atoms with Gasteiger partial charge in [0.25, 0.3) is 10.0 Å². The number of rotatable bonds is 5. The van der Waals surface area contributed by atoms with Crippen LogP contribution in [0.3, 0.4) is 0 Å². The molecule has 0 spiro atoms. The van der Waals surface area contributed by atoms with E-state index >= 15 is 0 Å². The van der Waals surface area contributed by atoms with Crippen LogP contribution in [0.2, 0.25) is 0 Å². The molecule has 1 amide bonds. The lowest BCUT2D eigenvalue weighted by molar-refractivity contribution is -0.142. The van der Waals surface area contributed by atoms with E-state index in [0.717, 1.165) is 0 Å². The van der Waals surface area contributed by atoms with E-state index in [0.29, 0.717) is 0 Å². The molecule has 6 nitrogen and oxygen atoms in total. The Morgan fingerprint density at radius 1 is 1.17 bits per heavy atom. The average molecular weight is 271 g/mol. The van der Waals surface area contributed by atoms with Gasteiger partial charge in [-0.15, -0.1) is 0 Å². The Bertz CT molecular complexity index is 524. The SMILES string of the molecule is COC(=O)CCC(=O)NS(=O)(=O)c1ccccc1. The Labute approximate surface area is 105 Å². The van der Waals surface area contributed by atoms with Crippen LogP contribution in [0.5, 0.6) is 0 Å². The van der Waals surface area contributed by atoms with E-state index in [1.807, 2.05) is 4.72 Å². The molecule has 1 N–H and O–H groups in total. The third-order valence-electron chi connectivity index (χ3n) is 2.09. The standard InChI is InChI=1S/C11H13NO5S/c1-17-11(14)8-7-10(13)12-18(15,16)9-5-3-2-4-6-9/h2-6H,7-8H2,1H3,(H,12,13). The number of hydrogen-bond donors (Lipinski definition) is 1. The number of ether oxygens (including phenoxy) is 1. The van der Waals surface area contributed by atoms with Crippen LogP contribution >= 0.6 is 0 Å². The van der Waals surface area contributed by atoms with E-state index in [2.05, 4.69) is 4.74 Å². The number of carbonyl (C=O) groups excluding carboxylic acids is 2. The topological polar surface area (TPSA) is 89.5 Å². The first-order valence-electron chi connectivity index (χ1n) is 5.13. The molecule has 0 saturated carbocycles. The number of methoxy groups -OCH3 is 1. The molecule has 0 aliphatic heterocycles. The van der Waals surface area contributed by atoms with Gasteiger partial charge in [0.1, 0.15) is 0 Å². The van der Waals surface area contributed by atoms with Gasteiger partial charge in [-0.1, -0.05) is 18.2 Å². The molecule has 0 aliphatic rings. The molecule has 0 saturated heterocycles. The van der Waals surface area contributed by atoms with Crippen molar-refractivity contribution in [3.63, 3.8) is 0 Å². The van der Waals surface area contributed by atoms with Gasteiger partial charge in [-0.25, -0.2) is 13.1 Å². The number of nitrogens with one attached hydrogen (secondary N) is 1. The molecule has 0 atom stereocenters. The predicted molar refractivity (Wildman–Crippen MR) is 63.0 cm³/mol. The van der Waals surface area contributed by atoms with Crippen molar-refractivity contribution in [3.8, 4) is 0 Å². The van der Waals surface area contributed by atoms with E-state index in [9.17, 15) is 18.0 Å². The van der Waals surface area contributed by atoms with Crippen molar-refractivity contribution in [2.75, 3.05) is 7.11 Å². The highest BCUT2D eigenvalue weighted by atomic mass is 32.2. The van der Waals surface area contributed by atoms with Gasteiger partial charge in [-0.2, -0.15) is 0 Å². The molecule has 0 bridgehead atoms. The summed E-state index contributed by atoms with van der Waals surface area (Å²) in [6, 6.07) is 7.50. The van der Waals surface area contributed by atoms with Crippen LogP contribution in [-0.4, -0.2) is 27.4 Å². The highest BCUT2D eigenvalue weighted by Gasteiger charge is 2.17. The van der Waals surface area contributed by atoms with E-state index in [1.54, 1.807) is 18.2 Å². The molecule has 0 heterocycles. The van der Waals surface area contributed by atoms with Crippen LogP contribution in [-0.2, 0) is 24.3 Å². The van der Waals surface area contributed by atoms with Crippen molar-refractivity contribution in [2.45, 2.75) is 17.7 Å². The predicted octanol–water partition coefficient (Wildman–Crippen LogP) is 0.445. The Hall–Kier alpha value is -1.89. The van der Waals surface area contributed by atoms with E-state index in [1.165, 1.54) is 19.2 Å². The van der Waals surface area contributed by atoms with Crippen molar-refractivity contribution in [1.82, 2.24) is 4.72 Å². The number of hydrogen-bond acceptors (Lipinski definition) is 5. The Kier molecular flexibility index (Phi) is 4.85. The molecular weight excluding hydrogens is 258 g/mol. The number of carbonyl (C=O) groups is 2. The van der Waals surface area contributed by atoms with Gasteiger partial charge in [-0.3, -0.25) is 9.59 Å². The quantitative estimate of drug-likeness (QED) is 0.785. The van der Waals surface area contributed by atoms with Crippen molar-refractivity contribution in [3.05, 3.63) is 30.3 Å². The second-order valence-electron chi connectivity index (χ2n) is 3.42. The summed E-state index contributed by atoms with van der Waals surface area (Å²) in [5, 5.41) is 0. The summed E-state index contributed by atoms with van der Waals surface area (Å²) in [6.45, 7) is 0. The Morgan fingerprint density at radius 2 is 1.78 bits per heavy atom. The Morgan fingerprint density at radius 3 is 2.33 bits per heavy atom. The lowest BCUT2D eigenvalue weighted by atomic mass is 10.3. The second kappa shape index (κ2) is 6.15. The summed E-state index contributed by atoms with van der Waals surface area (Å²) >= 11 is 0. The zero-order chi connectivity index (χ0) is 13.6. The van der Waals surface area contributed by atoms with Crippen LogP contribution in [0.15, 0.2) is 35.2 Å². The minimum atomic E-state index is -3.87. The van der Waals surface area contributed by atoms with Crippen LogP contribution in [0.1, 0.15) is 12.8 Å². The van der Waals surface area contributed by atoms with Gasteiger partial charge >= 0.3 is 5.97 Å². The van der Waals surface area contributed by atoms with Crippen LogP contribution < -0.4 is 4.72 Å². The number of sulfonamides is 1. The van der Waals surface area contributed by atoms with Gasteiger partial charge in [0.05, 0.1) is 18.4 Å². The summed E-state index contributed by atoms with van der Waals surface area (Å²) in [4.78, 5) is 22.2. The van der Waals surface area contributed by atoms with E-state index in [4.69, 9.17) is 0 Å². The average Bonchev–Trinajstić information content (AvgIpc) is 2.36. The van der Waals surface area contributed by atoms with Crippen molar-refractivity contribution >= 4 is 21.9 Å². The van der Waals surface area contributed by atoms with Crippen molar-refractivity contribution in [1.29, 1.82) is 0 Å². The summed E-state index contributed by atoms with van der Waals surface area (Å²) in [5.74, 6) is -1.31. The van der Waals surface area contributed by atoms with Gasteiger partial charge in [0.15, 0.2) is 0 Å². The molecular formula is C11H13NO5S. The fraction of sp³-hybridized carbons (Fsp3) is 0.273. The molecule has 1 rings (SSSR count). The summed E-state index contributed by atoms with van der Waals surface area (Å²) in [5.41, 5.74) is 0. The zero-order valence-electron chi connectivity index (χ0n) is 9.75. The maximum atomic E-state index is 11.7. The van der Waals surface area contributed by atoms with Gasteiger partial charge in [0, 0.05) is 6.42 Å². The second-order valence-corrected chi connectivity index (χ2v) is 5.10. The number of benzene rings is 1. The molecule has 0 fully saturated rings.